The van der Waals surface area contributed by atoms with Crippen LogP contribution in [0.15, 0.2) is 48.0 Å². The van der Waals surface area contributed by atoms with Crippen molar-refractivity contribution in [2.45, 2.75) is 20.8 Å². The standard InChI is InChI=1S/C11H16N2O.C2H6/c1-4-11-10(5-8(2)6-12)13-9(3)7-14-11;1-2/h4-5,13H,1,3,6-7,12H2,2H3;1-2H3/b8-5+;. The van der Waals surface area contributed by atoms with Gasteiger partial charge in [-0.2, -0.15) is 0 Å². The summed E-state index contributed by atoms with van der Waals surface area (Å²) in [4.78, 5) is 0. The van der Waals surface area contributed by atoms with Crippen LogP contribution < -0.4 is 11.1 Å². The lowest BCUT2D eigenvalue weighted by Crippen LogP contribution is -2.23. The van der Waals surface area contributed by atoms with E-state index in [-0.39, 0.29) is 0 Å². The molecule has 1 rings (SSSR count). The molecule has 1 aliphatic heterocycles. The minimum atomic E-state index is 0.486. The minimum absolute atomic E-state index is 0.486. The van der Waals surface area contributed by atoms with E-state index >= 15 is 0 Å². The van der Waals surface area contributed by atoms with Crippen molar-refractivity contribution in [1.29, 1.82) is 0 Å². The van der Waals surface area contributed by atoms with Gasteiger partial charge in [-0.25, -0.2) is 0 Å². The lowest BCUT2D eigenvalue weighted by molar-refractivity contribution is 0.230. The summed E-state index contributed by atoms with van der Waals surface area (Å²) >= 11 is 0. The van der Waals surface area contributed by atoms with Gasteiger partial charge in [-0.1, -0.05) is 32.6 Å². The van der Waals surface area contributed by atoms with Gasteiger partial charge in [0.15, 0.2) is 0 Å². The maximum atomic E-state index is 5.50. The average Bonchev–Trinajstić information content (AvgIpc) is 2.32. The number of ether oxygens (including phenoxy) is 1. The van der Waals surface area contributed by atoms with Gasteiger partial charge in [0, 0.05) is 12.2 Å². The lowest BCUT2D eigenvalue weighted by Gasteiger charge is -2.21. The minimum Gasteiger partial charge on any atom is -0.485 e. The van der Waals surface area contributed by atoms with E-state index in [0.29, 0.717) is 13.2 Å². The third-order valence-corrected chi connectivity index (χ3v) is 1.88. The number of hydrogen-bond acceptors (Lipinski definition) is 3. The van der Waals surface area contributed by atoms with Gasteiger partial charge in [0.25, 0.3) is 0 Å². The molecule has 0 aromatic rings. The average molecular weight is 222 g/mol. The molecule has 0 atom stereocenters. The highest BCUT2D eigenvalue weighted by atomic mass is 16.5. The number of hydrogen-bond donors (Lipinski definition) is 2. The van der Waals surface area contributed by atoms with Crippen LogP contribution in [-0.4, -0.2) is 13.2 Å². The van der Waals surface area contributed by atoms with Crippen molar-refractivity contribution >= 4 is 0 Å². The molecular formula is C13H22N2O. The second kappa shape index (κ2) is 7.77. The van der Waals surface area contributed by atoms with Gasteiger partial charge in [-0.3, -0.25) is 0 Å². The summed E-state index contributed by atoms with van der Waals surface area (Å²) in [5.41, 5.74) is 8.29. The molecule has 1 aliphatic rings. The van der Waals surface area contributed by atoms with Crippen LogP contribution in [0.25, 0.3) is 0 Å². The van der Waals surface area contributed by atoms with Crippen LogP contribution in [0, 0.1) is 0 Å². The summed E-state index contributed by atoms with van der Waals surface area (Å²) in [6.45, 7) is 14.5. The quantitative estimate of drug-likeness (QED) is 0.771. The van der Waals surface area contributed by atoms with Gasteiger partial charge in [0.05, 0.1) is 5.70 Å². The van der Waals surface area contributed by atoms with E-state index in [1.54, 1.807) is 6.08 Å². The van der Waals surface area contributed by atoms with Crippen LogP contribution in [0.5, 0.6) is 0 Å². The van der Waals surface area contributed by atoms with Crippen molar-refractivity contribution in [1.82, 2.24) is 5.32 Å². The Kier molecular flexibility index (Phi) is 7.05. The SMILES string of the molecule is C=CC1=C(/C=C(\C)CN)NC(=C)CO1.CC. The molecule has 0 aromatic heterocycles. The predicted octanol–water partition coefficient (Wildman–Crippen LogP) is 2.45. The van der Waals surface area contributed by atoms with Gasteiger partial charge < -0.3 is 15.8 Å². The van der Waals surface area contributed by atoms with E-state index in [0.717, 1.165) is 22.7 Å². The molecule has 0 spiro atoms. The molecule has 1 heterocycles. The van der Waals surface area contributed by atoms with Crippen molar-refractivity contribution < 1.29 is 4.74 Å². The molecule has 0 aliphatic carbocycles. The predicted molar refractivity (Wildman–Crippen MR) is 69.6 cm³/mol. The van der Waals surface area contributed by atoms with Crippen LogP contribution in [0.3, 0.4) is 0 Å². The summed E-state index contributed by atoms with van der Waals surface area (Å²) in [5, 5.41) is 3.14. The van der Waals surface area contributed by atoms with Crippen molar-refractivity contribution in [3.05, 3.63) is 48.0 Å². The highest BCUT2D eigenvalue weighted by Crippen LogP contribution is 2.15. The van der Waals surface area contributed by atoms with Crippen LogP contribution in [0.2, 0.25) is 0 Å². The normalized spacial score (nSPS) is 15.8. The fourth-order valence-corrected chi connectivity index (χ4v) is 1.11. The Balaban J connectivity index is 0.00000106. The molecular weight excluding hydrogens is 200 g/mol. The summed E-state index contributed by atoms with van der Waals surface area (Å²) < 4.78 is 5.41. The summed E-state index contributed by atoms with van der Waals surface area (Å²) in [7, 11) is 0. The molecule has 3 N–H and O–H groups in total. The molecule has 0 unspecified atom stereocenters. The number of rotatable bonds is 3. The molecule has 0 bridgehead atoms. The van der Waals surface area contributed by atoms with Gasteiger partial charge in [-0.15, -0.1) is 0 Å². The van der Waals surface area contributed by atoms with E-state index in [1.807, 2.05) is 26.8 Å². The van der Waals surface area contributed by atoms with Crippen LogP contribution in [0.4, 0.5) is 0 Å². The van der Waals surface area contributed by atoms with Crippen LogP contribution in [0.1, 0.15) is 20.8 Å². The van der Waals surface area contributed by atoms with E-state index in [9.17, 15) is 0 Å². The van der Waals surface area contributed by atoms with Gasteiger partial charge >= 0.3 is 0 Å². The van der Waals surface area contributed by atoms with Crippen molar-refractivity contribution in [3.8, 4) is 0 Å². The highest BCUT2D eigenvalue weighted by Gasteiger charge is 2.11. The monoisotopic (exact) mass is 222 g/mol. The largest absolute Gasteiger partial charge is 0.485 e. The van der Waals surface area contributed by atoms with Crippen molar-refractivity contribution in [2.24, 2.45) is 5.73 Å². The molecule has 0 radical (unpaired) electrons. The number of allylic oxidation sites excluding steroid dienone is 2. The maximum Gasteiger partial charge on any atom is 0.142 e. The molecule has 90 valence electrons. The van der Waals surface area contributed by atoms with Crippen LogP contribution >= 0.6 is 0 Å². The topological polar surface area (TPSA) is 47.3 Å². The highest BCUT2D eigenvalue weighted by molar-refractivity contribution is 5.34. The molecule has 3 nitrogen and oxygen atoms in total. The Hall–Kier alpha value is -1.48. The number of nitrogens with one attached hydrogen (secondary N) is 1. The Morgan fingerprint density at radius 2 is 2.19 bits per heavy atom. The van der Waals surface area contributed by atoms with Crippen molar-refractivity contribution in [3.63, 3.8) is 0 Å². The number of nitrogens with two attached hydrogens (primary N) is 1. The fraction of sp³-hybridized carbons (Fsp3) is 0.385. The first kappa shape index (κ1) is 14.5. The maximum absolute atomic E-state index is 5.50. The molecule has 0 aromatic carbocycles. The first-order chi connectivity index (χ1) is 7.67. The molecule has 3 heteroatoms. The molecule has 0 saturated heterocycles. The van der Waals surface area contributed by atoms with E-state index < -0.39 is 0 Å². The molecule has 0 amide bonds. The summed E-state index contributed by atoms with van der Waals surface area (Å²) in [5.74, 6) is 0.741. The van der Waals surface area contributed by atoms with E-state index in [2.05, 4.69) is 18.5 Å². The molecule has 0 fully saturated rings. The van der Waals surface area contributed by atoms with Gasteiger partial charge in [0.1, 0.15) is 12.4 Å². The van der Waals surface area contributed by atoms with Gasteiger partial charge in [0.2, 0.25) is 0 Å². The van der Waals surface area contributed by atoms with E-state index in [4.69, 9.17) is 10.5 Å². The van der Waals surface area contributed by atoms with E-state index in [1.165, 1.54) is 0 Å². The Morgan fingerprint density at radius 1 is 1.56 bits per heavy atom. The van der Waals surface area contributed by atoms with Gasteiger partial charge in [-0.05, 0) is 19.1 Å². The zero-order valence-corrected chi connectivity index (χ0v) is 10.5. The Bertz CT molecular complexity index is 314. The lowest BCUT2D eigenvalue weighted by atomic mass is 10.2. The second-order valence-corrected chi connectivity index (χ2v) is 3.19. The molecule has 16 heavy (non-hydrogen) atoms. The first-order valence-electron chi connectivity index (χ1n) is 5.49. The van der Waals surface area contributed by atoms with Crippen LogP contribution in [-0.2, 0) is 4.74 Å². The summed E-state index contributed by atoms with van der Waals surface area (Å²) in [6.07, 6.45) is 3.62. The third-order valence-electron chi connectivity index (χ3n) is 1.88. The third kappa shape index (κ3) is 4.36. The first-order valence-corrected chi connectivity index (χ1v) is 5.49. The Labute approximate surface area is 98.4 Å². The fourth-order valence-electron chi connectivity index (χ4n) is 1.11. The molecule has 0 saturated carbocycles. The second-order valence-electron chi connectivity index (χ2n) is 3.19. The zero-order valence-electron chi connectivity index (χ0n) is 10.5. The Morgan fingerprint density at radius 3 is 2.69 bits per heavy atom. The smallest absolute Gasteiger partial charge is 0.142 e. The zero-order chi connectivity index (χ0) is 12.6. The summed E-state index contributed by atoms with van der Waals surface area (Å²) in [6, 6.07) is 0. The van der Waals surface area contributed by atoms with Crippen molar-refractivity contribution in [2.75, 3.05) is 13.2 Å².